The summed E-state index contributed by atoms with van der Waals surface area (Å²) in [5.74, 6) is 0.0834. The zero-order chi connectivity index (χ0) is 16.9. The van der Waals surface area contributed by atoms with Gasteiger partial charge in [-0.15, -0.1) is 0 Å². The second-order valence-electron chi connectivity index (χ2n) is 5.70. The van der Waals surface area contributed by atoms with Crippen LogP contribution in [0.5, 0.6) is 0 Å². The second kappa shape index (κ2) is 6.65. The molecule has 5 heteroatoms. The fraction of sp³-hybridized carbons (Fsp3) is 0.263. The minimum atomic E-state index is -0.406. The molecular formula is C19H19LrN2O2. The first-order valence-electron chi connectivity index (χ1n) is 7.95. The maximum atomic E-state index is 12.1. The predicted molar refractivity (Wildman–Crippen MR) is 90.8 cm³/mol. The van der Waals surface area contributed by atoms with Crippen LogP contribution in [0, 0.1) is 0 Å². The number of fused-ring (bicyclic) bond motifs is 3. The first-order chi connectivity index (χ1) is 11.7. The zero-order valence-corrected chi connectivity index (χ0v) is 15.4. The molecule has 2 aromatic carbocycles. The van der Waals surface area contributed by atoms with Crippen LogP contribution in [0.25, 0.3) is 11.1 Å². The van der Waals surface area contributed by atoms with Crippen LogP contribution in [0.3, 0.4) is 0 Å². The third kappa shape index (κ3) is 2.82. The second-order valence-corrected chi connectivity index (χ2v) is 6.26. The summed E-state index contributed by atoms with van der Waals surface area (Å²) in [6, 6.07) is 16.5. The first-order valence-corrected chi connectivity index (χ1v) is 8.91. The third-order valence-electron chi connectivity index (χ3n) is 4.31. The van der Waals surface area contributed by atoms with Crippen molar-refractivity contribution in [2.75, 3.05) is 6.61 Å². The Morgan fingerprint density at radius 2 is 1.79 bits per heavy atom. The van der Waals surface area contributed by atoms with Crippen molar-refractivity contribution in [1.82, 2.24) is 5.32 Å². The van der Waals surface area contributed by atoms with Gasteiger partial charge in [-0.3, -0.25) is 0 Å². The van der Waals surface area contributed by atoms with Crippen LogP contribution in [0.2, 0.25) is 0 Å². The number of hydrogen-bond acceptors (Lipinski definition) is 3. The fourth-order valence-electron chi connectivity index (χ4n) is 3.08. The van der Waals surface area contributed by atoms with E-state index >= 15 is 0 Å². The number of benzene rings is 2. The van der Waals surface area contributed by atoms with Gasteiger partial charge in [-0.05, 0) is 0 Å². The van der Waals surface area contributed by atoms with Crippen molar-refractivity contribution in [2.45, 2.75) is 25.3 Å². The number of ether oxygens (including phenoxy) is 1. The normalized spacial score (nSPS) is 14.3. The van der Waals surface area contributed by atoms with Crippen molar-refractivity contribution in [3.8, 4) is 11.1 Å². The van der Waals surface area contributed by atoms with E-state index < -0.39 is 6.09 Å². The van der Waals surface area contributed by atoms with E-state index in [1.165, 1.54) is 22.3 Å². The summed E-state index contributed by atoms with van der Waals surface area (Å²) in [6.07, 6.45) is 2.06. The summed E-state index contributed by atoms with van der Waals surface area (Å²) < 4.78 is 7.58. The molecule has 132 valence electrons. The molecule has 2 aromatic rings. The van der Waals surface area contributed by atoms with Crippen molar-refractivity contribution >= 4 is 12.3 Å². The standard InChI is InChI=1S/C19H19N2O2.Lr/c1-2-13(11-20)21-19(22)23-12-18-16-9-5-3-7-14(16)15-8-4-6-10-17(15)18;/h3-11,13,18H,2,12H2,1H3,(H,21,22);/q-1;+1/t13-;/m0./s1. The quantitative estimate of drug-likeness (QED) is 0.557. The van der Waals surface area contributed by atoms with E-state index in [1.54, 1.807) is 6.21 Å². The number of carbonyl (C=O) groups is 1. The Kier molecular flexibility index (Phi) is 4.23. The number of hydrogen-bond donors (Lipinski definition) is 1. The van der Waals surface area contributed by atoms with Crippen LogP contribution >= 0.6 is 0 Å². The molecule has 0 saturated heterocycles. The van der Waals surface area contributed by atoms with Gasteiger partial charge < -0.3 is 0 Å². The molecule has 0 aliphatic heterocycles. The maximum absolute atomic E-state index is 12.1. The van der Waals surface area contributed by atoms with Crippen LogP contribution < -0.4 is 5.32 Å². The van der Waals surface area contributed by atoms with E-state index in [2.05, 4.69) is 35.0 Å². The van der Waals surface area contributed by atoms with E-state index in [4.69, 9.17) is 4.74 Å². The van der Waals surface area contributed by atoms with Gasteiger partial charge >= 0.3 is 135 Å². The van der Waals surface area contributed by atoms with Crippen molar-refractivity contribution in [2.24, 2.45) is 5.41 Å². The average molecular weight is 569 g/mol. The van der Waals surface area contributed by atoms with Crippen molar-refractivity contribution in [3.05, 3.63) is 59.7 Å². The van der Waals surface area contributed by atoms with Gasteiger partial charge in [0.15, 0.2) is 0 Å². The van der Waals surface area contributed by atoms with Crippen molar-refractivity contribution in [3.63, 3.8) is 0 Å². The average Bonchev–Trinajstić information content (AvgIpc) is 2.93. The molecular weight excluding hydrogens is 550 g/mol. The molecule has 24 heavy (non-hydrogen) atoms. The van der Waals surface area contributed by atoms with Gasteiger partial charge in [-0.1, -0.05) is 0 Å². The molecule has 1 N–H and O–H groups in total. The number of rotatable bonds is 5. The Labute approximate surface area is 136 Å². The van der Waals surface area contributed by atoms with E-state index in [0.717, 1.165) is 6.42 Å². The molecule has 0 bridgehead atoms. The third-order valence-corrected chi connectivity index (χ3v) is 4.63. The number of amides is 1. The van der Waals surface area contributed by atoms with Crippen LogP contribution in [0.4, 0.5) is 4.79 Å². The SMILES string of the molecule is CC[C@@H](/C=[N]/[Lr])NC(=O)OCC1c2ccccc2-c2ccccc21. The van der Waals surface area contributed by atoms with E-state index in [0.29, 0.717) is 6.61 Å². The topological polar surface area (TPSA) is 50.7 Å². The fourth-order valence-corrected chi connectivity index (χ4v) is 3.47. The van der Waals surface area contributed by atoms with Gasteiger partial charge in [0, 0.05) is 0 Å². The van der Waals surface area contributed by atoms with Crippen LogP contribution in [-0.4, -0.2) is 25.0 Å². The Bertz CT molecular complexity index is 715. The minimum absolute atomic E-state index is 0.0834. The Morgan fingerprint density at radius 1 is 1.21 bits per heavy atom. The Morgan fingerprint density at radius 3 is 2.33 bits per heavy atom. The van der Waals surface area contributed by atoms with E-state index in [-0.39, 0.29) is 12.0 Å². The summed E-state index contributed by atoms with van der Waals surface area (Å²) in [5, 5.41) is 6.73. The predicted octanol–water partition coefficient (Wildman–Crippen LogP) is 3.84. The molecule has 0 heterocycles. The Balaban J connectivity index is 1.73. The first kappa shape index (κ1) is 15.3. The summed E-state index contributed by atoms with van der Waals surface area (Å²) in [5.41, 5.74) is 4.88. The van der Waals surface area contributed by atoms with Gasteiger partial charge in [0.25, 0.3) is 0 Å². The van der Waals surface area contributed by atoms with E-state index in [1.807, 2.05) is 31.2 Å². The summed E-state index contributed by atoms with van der Waals surface area (Å²) in [4.78, 5) is 12.1. The molecule has 0 fully saturated rings. The van der Waals surface area contributed by atoms with Gasteiger partial charge in [-0.25, -0.2) is 0 Å². The molecule has 1 aliphatic carbocycles. The molecule has 1 aliphatic rings. The summed E-state index contributed by atoms with van der Waals surface area (Å²) >= 11 is 0. The van der Waals surface area contributed by atoms with Crippen LogP contribution in [0.15, 0.2) is 53.9 Å². The molecule has 0 aromatic heterocycles. The molecule has 1 amide bonds. The summed E-state index contributed by atoms with van der Waals surface area (Å²) in [7, 11) is 0. The van der Waals surface area contributed by atoms with Crippen molar-refractivity contribution < 1.29 is 9.53 Å². The summed E-state index contributed by atoms with van der Waals surface area (Å²) in [6.45, 7) is 2.32. The van der Waals surface area contributed by atoms with Crippen LogP contribution in [-0.2, 0) is 4.74 Å². The van der Waals surface area contributed by atoms with Gasteiger partial charge in [-0.2, -0.15) is 0 Å². The monoisotopic (exact) mass is 569 g/mol. The molecule has 0 radical (unpaired) electrons. The number of nitrogens with zero attached hydrogens (tertiary/aromatic N) is 1. The molecule has 0 spiro atoms. The van der Waals surface area contributed by atoms with Gasteiger partial charge in [0.2, 0.25) is 0 Å². The van der Waals surface area contributed by atoms with Crippen molar-refractivity contribution in [1.29, 1.82) is 0 Å². The zero-order valence-electron chi connectivity index (χ0n) is 13.3. The molecule has 4 nitrogen and oxygen atoms in total. The van der Waals surface area contributed by atoms with Gasteiger partial charge in [0.05, 0.1) is 0 Å². The number of alkyl carbamates (subject to hydrolysis) is 1. The molecule has 1 atom stereocenters. The van der Waals surface area contributed by atoms with E-state index in [9.17, 15) is 4.79 Å². The molecule has 0 unspecified atom stereocenters. The number of carbonyl (C=O) groups excluding carboxylic acids is 1. The number of nitrogens with one attached hydrogen (secondary N) is 1. The Hall–Kier alpha value is -3.62. The molecule has 3 rings (SSSR count). The molecule has 0 saturated carbocycles. The van der Waals surface area contributed by atoms with Crippen LogP contribution in [0.1, 0.15) is 30.4 Å². The van der Waals surface area contributed by atoms with Gasteiger partial charge in [0.1, 0.15) is 0 Å².